The number of aryl methyl sites for hydroxylation is 1. The third-order valence-corrected chi connectivity index (χ3v) is 4.87. The van der Waals surface area contributed by atoms with E-state index in [9.17, 15) is 27.2 Å². The lowest BCUT2D eigenvalue weighted by Crippen LogP contribution is -2.36. The number of alkyl halides is 3. The SMILES string of the molecule is CCOC(=O)CN(Cc1ccc(C(F)(F)F)cc1)C(=O)CCc1ncc(-c2ccc(F)cc2)o1. The Morgan fingerprint density at radius 2 is 1.74 bits per heavy atom. The summed E-state index contributed by atoms with van der Waals surface area (Å²) in [4.78, 5) is 30.1. The summed E-state index contributed by atoms with van der Waals surface area (Å²) in [5.41, 5.74) is 0.249. The Hall–Kier alpha value is -3.69. The molecule has 1 aromatic heterocycles. The number of amides is 1. The molecule has 1 amide bonds. The van der Waals surface area contributed by atoms with Gasteiger partial charge in [-0.15, -0.1) is 0 Å². The van der Waals surface area contributed by atoms with Crippen molar-refractivity contribution in [3.8, 4) is 11.3 Å². The van der Waals surface area contributed by atoms with Crippen LogP contribution in [0.4, 0.5) is 17.6 Å². The van der Waals surface area contributed by atoms with E-state index in [2.05, 4.69) is 4.98 Å². The molecular weight excluding hydrogens is 456 g/mol. The van der Waals surface area contributed by atoms with Crippen molar-refractivity contribution in [3.63, 3.8) is 0 Å². The lowest BCUT2D eigenvalue weighted by atomic mass is 10.1. The van der Waals surface area contributed by atoms with Crippen LogP contribution < -0.4 is 0 Å². The summed E-state index contributed by atoms with van der Waals surface area (Å²) < 4.78 is 62.0. The highest BCUT2D eigenvalue weighted by molar-refractivity contribution is 5.82. The molecular formula is C24H22F4N2O4. The van der Waals surface area contributed by atoms with Crippen LogP contribution in [0, 0.1) is 5.82 Å². The molecule has 0 bridgehead atoms. The summed E-state index contributed by atoms with van der Waals surface area (Å²) in [7, 11) is 0. The van der Waals surface area contributed by atoms with Gasteiger partial charge in [-0.25, -0.2) is 9.37 Å². The van der Waals surface area contributed by atoms with Gasteiger partial charge >= 0.3 is 12.1 Å². The average Bonchev–Trinajstić information content (AvgIpc) is 3.26. The number of nitrogens with zero attached hydrogens (tertiary/aromatic N) is 2. The Kier molecular flexibility index (Phi) is 8.04. The summed E-state index contributed by atoms with van der Waals surface area (Å²) in [6.07, 6.45) is -2.93. The fraction of sp³-hybridized carbons (Fsp3) is 0.292. The second-order valence-electron chi connectivity index (χ2n) is 7.37. The third kappa shape index (κ3) is 6.90. The maximum absolute atomic E-state index is 13.1. The zero-order valence-electron chi connectivity index (χ0n) is 18.3. The molecule has 34 heavy (non-hydrogen) atoms. The minimum atomic E-state index is -4.47. The molecule has 0 fully saturated rings. The molecule has 0 saturated heterocycles. The van der Waals surface area contributed by atoms with Crippen molar-refractivity contribution in [1.29, 1.82) is 0 Å². The number of hydrogen-bond donors (Lipinski definition) is 0. The molecule has 0 saturated carbocycles. The van der Waals surface area contributed by atoms with Crippen molar-refractivity contribution < 1.29 is 36.3 Å². The lowest BCUT2D eigenvalue weighted by molar-refractivity contribution is -0.149. The Labute approximate surface area is 193 Å². The van der Waals surface area contributed by atoms with Gasteiger partial charge in [-0.1, -0.05) is 12.1 Å². The van der Waals surface area contributed by atoms with Gasteiger partial charge in [0.25, 0.3) is 0 Å². The number of carbonyl (C=O) groups is 2. The maximum atomic E-state index is 13.1. The molecule has 2 aromatic carbocycles. The molecule has 0 aliphatic heterocycles. The van der Waals surface area contributed by atoms with Crippen LogP contribution in [-0.2, 0) is 33.5 Å². The van der Waals surface area contributed by atoms with Gasteiger partial charge in [-0.3, -0.25) is 9.59 Å². The highest BCUT2D eigenvalue weighted by Crippen LogP contribution is 2.29. The number of hydrogen-bond acceptors (Lipinski definition) is 5. The van der Waals surface area contributed by atoms with Gasteiger partial charge in [-0.2, -0.15) is 13.2 Å². The molecule has 1 heterocycles. The van der Waals surface area contributed by atoms with Gasteiger partial charge in [-0.05, 0) is 48.9 Å². The summed E-state index contributed by atoms with van der Waals surface area (Å²) in [6.45, 7) is 1.34. The molecule has 3 rings (SSSR count). The molecule has 0 unspecified atom stereocenters. The minimum Gasteiger partial charge on any atom is -0.465 e. The van der Waals surface area contributed by atoms with Gasteiger partial charge in [0.1, 0.15) is 12.4 Å². The topological polar surface area (TPSA) is 72.6 Å². The van der Waals surface area contributed by atoms with E-state index >= 15 is 0 Å². The molecule has 6 nitrogen and oxygen atoms in total. The second-order valence-corrected chi connectivity index (χ2v) is 7.37. The van der Waals surface area contributed by atoms with Gasteiger partial charge < -0.3 is 14.1 Å². The number of carbonyl (C=O) groups excluding carboxylic acids is 2. The normalized spacial score (nSPS) is 11.3. The molecule has 0 atom stereocenters. The number of rotatable bonds is 9. The van der Waals surface area contributed by atoms with Crippen LogP contribution >= 0.6 is 0 Å². The number of aromatic nitrogens is 1. The number of halogens is 4. The van der Waals surface area contributed by atoms with E-state index in [0.29, 0.717) is 16.9 Å². The standard InChI is InChI=1S/C24H22F4N2O4/c1-2-33-23(32)15-30(14-16-3-7-18(8-4-16)24(26,27)28)22(31)12-11-21-29-13-20(34-21)17-5-9-19(25)10-6-17/h3-10,13H,2,11-12,14-15H2,1H3. The van der Waals surface area contributed by atoms with Crippen LogP contribution in [0.25, 0.3) is 11.3 Å². The van der Waals surface area contributed by atoms with Crippen LogP contribution in [0.15, 0.2) is 59.1 Å². The van der Waals surface area contributed by atoms with E-state index in [1.807, 2.05) is 0 Å². The monoisotopic (exact) mass is 478 g/mol. The quantitative estimate of drug-likeness (QED) is 0.319. The van der Waals surface area contributed by atoms with E-state index in [0.717, 1.165) is 12.1 Å². The molecule has 180 valence electrons. The van der Waals surface area contributed by atoms with Gasteiger partial charge in [0.05, 0.1) is 18.4 Å². The summed E-state index contributed by atoms with van der Waals surface area (Å²) >= 11 is 0. The molecule has 0 aliphatic carbocycles. The first kappa shape index (κ1) is 24.9. The first-order valence-electron chi connectivity index (χ1n) is 10.5. The lowest BCUT2D eigenvalue weighted by Gasteiger charge is -2.22. The highest BCUT2D eigenvalue weighted by atomic mass is 19.4. The Balaban J connectivity index is 1.66. The predicted molar refractivity (Wildman–Crippen MR) is 114 cm³/mol. The van der Waals surface area contributed by atoms with Gasteiger partial charge in [0.15, 0.2) is 11.7 Å². The smallest absolute Gasteiger partial charge is 0.416 e. The molecule has 0 aliphatic rings. The molecule has 0 radical (unpaired) electrons. The van der Waals surface area contributed by atoms with E-state index < -0.39 is 23.6 Å². The molecule has 10 heteroatoms. The van der Waals surface area contributed by atoms with E-state index in [4.69, 9.17) is 9.15 Å². The molecule has 0 spiro atoms. The largest absolute Gasteiger partial charge is 0.465 e. The number of esters is 1. The third-order valence-electron chi connectivity index (χ3n) is 4.87. The summed E-state index contributed by atoms with van der Waals surface area (Å²) in [6, 6.07) is 10.0. The van der Waals surface area contributed by atoms with E-state index in [-0.39, 0.29) is 44.2 Å². The Morgan fingerprint density at radius 1 is 1.06 bits per heavy atom. The first-order chi connectivity index (χ1) is 16.2. The van der Waals surface area contributed by atoms with Crippen molar-refractivity contribution >= 4 is 11.9 Å². The van der Waals surface area contributed by atoms with Crippen LogP contribution in [0.3, 0.4) is 0 Å². The molecule has 0 N–H and O–H groups in total. The highest BCUT2D eigenvalue weighted by Gasteiger charge is 2.30. The van der Waals surface area contributed by atoms with Gasteiger partial charge in [0.2, 0.25) is 5.91 Å². The fourth-order valence-corrected chi connectivity index (χ4v) is 3.16. The minimum absolute atomic E-state index is 0.0522. The van der Waals surface area contributed by atoms with Crippen LogP contribution in [0.5, 0.6) is 0 Å². The molecule has 3 aromatic rings. The Morgan fingerprint density at radius 3 is 2.35 bits per heavy atom. The zero-order chi connectivity index (χ0) is 24.7. The predicted octanol–water partition coefficient (Wildman–Crippen LogP) is 5.02. The van der Waals surface area contributed by atoms with Crippen LogP contribution in [0.1, 0.15) is 30.4 Å². The number of benzene rings is 2. The van der Waals surface area contributed by atoms with Gasteiger partial charge in [0, 0.05) is 24.9 Å². The van der Waals surface area contributed by atoms with E-state index in [1.165, 1.54) is 47.5 Å². The number of ether oxygens (including phenoxy) is 1. The first-order valence-corrected chi connectivity index (χ1v) is 10.5. The fourth-order valence-electron chi connectivity index (χ4n) is 3.16. The second kappa shape index (κ2) is 11.0. The van der Waals surface area contributed by atoms with Crippen molar-refractivity contribution in [3.05, 3.63) is 77.6 Å². The maximum Gasteiger partial charge on any atom is 0.416 e. The van der Waals surface area contributed by atoms with Crippen LogP contribution in [-0.4, -0.2) is 34.9 Å². The number of oxazole rings is 1. The zero-order valence-corrected chi connectivity index (χ0v) is 18.3. The van der Waals surface area contributed by atoms with Crippen molar-refractivity contribution in [1.82, 2.24) is 9.88 Å². The Bertz CT molecular complexity index is 1110. The van der Waals surface area contributed by atoms with Crippen LogP contribution in [0.2, 0.25) is 0 Å². The average molecular weight is 478 g/mol. The van der Waals surface area contributed by atoms with Crippen molar-refractivity contribution in [2.75, 3.05) is 13.2 Å². The summed E-state index contributed by atoms with van der Waals surface area (Å²) in [5, 5.41) is 0. The van der Waals surface area contributed by atoms with Crippen molar-refractivity contribution in [2.24, 2.45) is 0 Å². The van der Waals surface area contributed by atoms with E-state index in [1.54, 1.807) is 6.92 Å². The summed E-state index contributed by atoms with van der Waals surface area (Å²) in [5.74, 6) is -0.746. The van der Waals surface area contributed by atoms with Crippen molar-refractivity contribution in [2.45, 2.75) is 32.5 Å².